The zero-order chi connectivity index (χ0) is 27.7. The van der Waals surface area contributed by atoms with E-state index >= 15 is 0 Å². The van der Waals surface area contributed by atoms with Crippen LogP contribution in [0.2, 0.25) is 0 Å². The van der Waals surface area contributed by atoms with Crippen LogP contribution in [0.4, 0.5) is 13.2 Å². The number of hydrogen-bond donors (Lipinski definition) is 0. The second-order valence-electron chi connectivity index (χ2n) is 10.9. The van der Waals surface area contributed by atoms with Gasteiger partial charge in [-0.3, -0.25) is 0 Å². The Balaban J connectivity index is 0.000000158. The lowest BCUT2D eigenvalue weighted by molar-refractivity contribution is 0.492. The van der Waals surface area contributed by atoms with Gasteiger partial charge in [-0.05, 0) is 70.0 Å². The molecule has 2 atom stereocenters. The maximum Gasteiger partial charge on any atom is 0.163 e. The lowest BCUT2D eigenvalue weighted by Crippen LogP contribution is -2.11. The number of fused-ring (bicyclic) bond motifs is 4. The van der Waals surface area contributed by atoms with Gasteiger partial charge >= 0.3 is 0 Å². The zero-order valence-electron chi connectivity index (χ0n) is 22.7. The number of rotatable bonds is 2. The van der Waals surface area contributed by atoms with Crippen molar-refractivity contribution in [1.82, 2.24) is 0 Å². The third kappa shape index (κ3) is 5.67. The number of hydrogen-bond acceptors (Lipinski definition) is 2. The number of benzene rings is 4. The summed E-state index contributed by atoms with van der Waals surface area (Å²) in [6, 6.07) is 25.0. The molecule has 0 nitrogen and oxygen atoms in total. The van der Waals surface area contributed by atoms with Gasteiger partial charge in [0.25, 0.3) is 0 Å². The van der Waals surface area contributed by atoms with Gasteiger partial charge in [-0.2, -0.15) is 0 Å². The topological polar surface area (TPSA) is 0 Å². The summed E-state index contributed by atoms with van der Waals surface area (Å²) in [6.45, 7) is 8.74. The van der Waals surface area contributed by atoms with Crippen molar-refractivity contribution in [2.24, 2.45) is 11.8 Å². The Morgan fingerprint density at radius 2 is 1.15 bits per heavy atom. The first kappa shape index (κ1) is 27.9. The predicted octanol–water partition coefficient (Wildman–Crippen LogP) is 10.6. The molecule has 2 aliphatic rings. The highest BCUT2D eigenvalue weighted by atomic mass is 32.2. The van der Waals surface area contributed by atoms with Gasteiger partial charge < -0.3 is 0 Å². The monoisotopic (exact) mass is 562 g/mol. The van der Waals surface area contributed by atoms with Crippen LogP contribution >= 0.6 is 23.5 Å². The number of halogens is 3. The number of thioether (sulfide) groups is 2. The molecular weight excluding hydrogens is 530 g/mol. The van der Waals surface area contributed by atoms with E-state index in [2.05, 4.69) is 64.1 Å². The maximum absolute atomic E-state index is 14.1. The average Bonchev–Trinajstić information content (AvgIpc) is 3.19. The van der Waals surface area contributed by atoms with E-state index in [1.807, 2.05) is 30.0 Å². The molecule has 2 aliphatic heterocycles. The van der Waals surface area contributed by atoms with Crippen molar-refractivity contribution in [3.8, 4) is 0 Å². The summed E-state index contributed by atoms with van der Waals surface area (Å²) >= 11 is 3.40. The molecule has 39 heavy (non-hydrogen) atoms. The van der Waals surface area contributed by atoms with Crippen LogP contribution in [0.1, 0.15) is 72.9 Å². The second kappa shape index (κ2) is 11.9. The molecule has 0 N–H and O–H groups in total. The van der Waals surface area contributed by atoms with Crippen LogP contribution < -0.4 is 0 Å². The SMILES string of the molecule is CC(C)[C@@H]1c2ccccc2SCc2c1ccc(F)c2F.CC(C)[C@H]1c2ccc(F)cc2CSc2ccccc21. The Bertz CT molecular complexity index is 1480. The summed E-state index contributed by atoms with van der Waals surface area (Å²) in [5.41, 5.74) is 6.47. The lowest BCUT2D eigenvalue weighted by atomic mass is 9.80. The largest absolute Gasteiger partial charge is 0.207 e. The molecule has 202 valence electrons. The Morgan fingerprint density at radius 3 is 1.77 bits per heavy atom. The molecular formula is C34H33F3S2. The summed E-state index contributed by atoms with van der Waals surface area (Å²) < 4.78 is 41.1. The van der Waals surface area contributed by atoms with E-state index in [-0.39, 0.29) is 11.7 Å². The summed E-state index contributed by atoms with van der Waals surface area (Å²) in [6.07, 6.45) is 0. The van der Waals surface area contributed by atoms with E-state index in [0.717, 1.165) is 16.9 Å². The van der Waals surface area contributed by atoms with Crippen LogP contribution in [0.25, 0.3) is 0 Å². The quantitative estimate of drug-likeness (QED) is 0.238. The fourth-order valence-corrected chi connectivity index (χ4v) is 8.09. The summed E-state index contributed by atoms with van der Waals surface area (Å²) in [4.78, 5) is 2.50. The van der Waals surface area contributed by atoms with E-state index in [4.69, 9.17) is 0 Å². The van der Waals surface area contributed by atoms with E-state index in [9.17, 15) is 13.2 Å². The van der Waals surface area contributed by atoms with Gasteiger partial charge in [0.05, 0.1) is 0 Å². The van der Waals surface area contributed by atoms with Crippen molar-refractivity contribution >= 4 is 23.5 Å². The van der Waals surface area contributed by atoms with Crippen molar-refractivity contribution in [2.45, 2.75) is 60.8 Å². The van der Waals surface area contributed by atoms with Gasteiger partial charge in [0.15, 0.2) is 11.6 Å². The van der Waals surface area contributed by atoms with Crippen LogP contribution in [-0.4, -0.2) is 0 Å². The molecule has 0 radical (unpaired) electrons. The van der Waals surface area contributed by atoms with Crippen molar-refractivity contribution in [3.63, 3.8) is 0 Å². The molecule has 0 saturated heterocycles. The van der Waals surface area contributed by atoms with Gasteiger partial charge in [0.1, 0.15) is 5.82 Å². The van der Waals surface area contributed by atoms with Gasteiger partial charge in [-0.15, -0.1) is 23.5 Å². The van der Waals surface area contributed by atoms with E-state index in [1.54, 1.807) is 30.0 Å². The minimum absolute atomic E-state index is 0.117. The van der Waals surface area contributed by atoms with Gasteiger partial charge in [0, 0.05) is 38.7 Å². The Kier molecular flexibility index (Phi) is 8.49. The standard InChI is InChI=1S/C17H16F2S.C17H17FS/c1-10(2)16-11-7-8-14(18)17(19)13(11)9-20-15-6-4-3-5-12(15)16;1-11(2)17-14-8-7-13(18)9-12(14)10-19-16-6-4-3-5-15(16)17/h3-8,10,16H,9H2,1-2H3;3-9,11,17H,10H2,1-2H3/t16-;17-/m00/s1. The smallest absolute Gasteiger partial charge is 0.163 e. The van der Waals surface area contributed by atoms with Gasteiger partial charge in [-0.1, -0.05) is 76.2 Å². The molecule has 0 saturated carbocycles. The van der Waals surface area contributed by atoms with E-state index in [1.165, 1.54) is 32.5 Å². The molecule has 2 heterocycles. The third-order valence-corrected chi connectivity index (χ3v) is 9.86. The van der Waals surface area contributed by atoms with Crippen LogP contribution in [0, 0.1) is 29.3 Å². The molecule has 0 aliphatic carbocycles. The second-order valence-corrected chi connectivity index (χ2v) is 12.9. The van der Waals surface area contributed by atoms with Crippen molar-refractivity contribution < 1.29 is 13.2 Å². The Morgan fingerprint density at radius 1 is 0.615 bits per heavy atom. The average molecular weight is 563 g/mol. The highest BCUT2D eigenvalue weighted by Crippen LogP contribution is 2.45. The molecule has 0 bridgehead atoms. The van der Waals surface area contributed by atoms with E-state index < -0.39 is 11.6 Å². The molecule has 0 unspecified atom stereocenters. The molecule has 0 aromatic heterocycles. The summed E-state index contributed by atoms with van der Waals surface area (Å²) in [7, 11) is 0. The maximum atomic E-state index is 14.1. The minimum atomic E-state index is -0.752. The van der Waals surface area contributed by atoms with Crippen molar-refractivity contribution in [1.29, 1.82) is 0 Å². The minimum Gasteiger partial charge on any atom is -0.207 e. The molecule has 5 heteroatoms. The normalized spacial score (nSPS) is 17.7. The fourth-order valence-electron chi connectivity index (χ4n) is 5.86. The molecule has 4 aromatic carbocycles. The fraction of sp³-hybridized carbons (Fsp3) is 0.294. The first-order valence-electron chi connectivity index (χ1n) is 13.4. The van der Waals surface area contributed by atoms with Crippen LogP contribution in [0.15, 0.2) is 88.7 Å². The third-order valence-electron chi connectivity index (χ3n) is 7.60. The Labute approximate surface area is 238 Å². The molecule has 6 rings (SSSR count). The molecule has 4 aromatic rings. The predicted molar refractivity (Wildman–Crippen MR) is 158 cm³/mol. The van der Waals surface area contributed by atoms with Crippen LogP contribution in [0.3, 0.4) is 0 Å². The highest BCUT2D eigenvalue weighted by Gasteiger charge is 2.29. The van der Waals surface area contributed by atoms with E-state index in [0.29, 0.717) is 29.1 Å². The Hall–Kier alpha value is -2.63. The van der Waals surface area contributed by atoms with Crippen molar-refractivity contribution in [2.75, 3.05) is 0 Å². The molecule has 0 amide bonds. The van der Waals surface area contributed by atoms with Crippen LogP contribution in [0.5, 0.6) is 0 Å². The van der Waals surface area contributed by atoms with Gasteiger partial charge in [-0.25, -0.2) is 13.2 Å². The lowest BCUT2D eigenvalue weighted by Gasteiger charge is -2.23. The first-order chi connectivity index (χ1) is 18.8. The summed E-state index contributed by atoms with van der Waals surface area (Å²) in [5.74, 6) is 1.08. The zero-order valence-corrected chi connectivity index (χ0v) is 24.3. The summed E-state index contributed by atoms with van der Waals surface area (Å²) in [5, 5.41) is 0. The van der Waals surface area contributed by atoms with Crippen LogP contribution in [-0.2, 0) is 11.5 Å². The highest BCUT2D eigenvalue weighted by molar-refractivity contribution is 7.98. The molecule has 0 spiro atoms. The molecule has 0 fully saturated rings. The van der Waals surface area contributed by atoms with Gasteiger partial charge in [0.2, 0.25) is 0 Å². The van der Waals surface area contributed by atoms with Crippen molar-refractivity contribution in [3.05, 3.63) is 130 Å². The first-order valence-corrected chi connectivity index (χ1v) is 15.4.